The highest BCUT2D eigenvalue weighted by Gasteiger charge is 2.26. The lowest BCUT2D eigenvalue weighted by molar-refractivity contribution is 0.102. The molecule has 6 nitrogen and oxygen atoms in total. The summed E-state index contributed by atoms with van der Waals surface area (Å²) in [5.41, 5.74) is -0.903. The largest absolute Gasteiger partial charge is 0.304 e. The summed E-state index contributed by atoms with van der Waals surface area (Å²) >= 11 is 0. The first-order chi connectivity index (χ1) is 12.8. The van der Waals surface area contributed by atoms with E-state index in [0.717, 1.165) is 4.68 Å². The number of nitrogens with zero attached hydrogens (tertiary/aromatic N) is 4. The molecule has 0 unspecified atom stereocenters. The van der Waals surface area contributed by atoms with Crippen LogP contribution in [-0.2, 0) is 13.1 Å². The molecular formula is C16H12F5N5O. The minimum atomic E-state index is -2.23. The quantitative estimate of drug-likeness (QED) is 0.417. The SMILES string of the molecule is CCn1ccc(C(=O)Nc2ccn(Cc3c(F)c(F)c(F)c(F)c3F)n2)n1. The Morgan fingerprint density at radius 1 is 0.926 bits per heavy atom. The average molecular weight is 385 g/mol. The molecule has 27 heavy (non-hydrogen) atoms. The normalized spacial score (nSPS) is 11.0. The number of hydrogen-bond donors (Lipinski definition) is 1. The molecule has 142 valence electrons. The summed E-state index contributed by atoms with van der Waals surface area (Å²) in [5, 5.41) is 10.3. The first-order valence-electron chi connectivity index (χ1n) is 7.70. The van der Waals surface area contributed by atoms with Gasteiger partial charge in [0, 0.05) is 25.0 Å². The molecule has 2 aromatic heterocycles. The Hall–Kier alpha value is -3.24. The monoisotopic (exact) mass is 385 g/mol. The number of carbonyl (C=O) groups is 1. The van der Waals surface area contributed by atoms with Crippen molar-refractivity contribution in [2.75, 3.05) is 5.32 Å². The molecule has 1 N–H and O–H groups in total. The van der Waals surface area contributed by atoms with E-state index in [1.807, 2.05) is 6.92 Å². The molecule has 0 saturated carbocycles. The van der Waals surface area contributed by atoms with Crippen molar-refractivity contribution in [3.63, 3.8) is 0 Å². The Bertz CT molecular complexity index is 984. The van der Waals surface area contributed by atoms with Crippen LogP contribution in [0, 0.1) is 29.1 Å². The second-order valence-corrected chi connectivity index (χ2v) is 5.46. The van der Waals surface area contributed by atoms with E-state index in [-0.39, 0.29) is 11.5 Å². The van der Waals surface area contributed by atoms with Crippen LogP contribution >= 0.6 is 0 Å². The van der Waals surface area contributed by atoms with E-state index >= 15 is 0 Å². The van der Waals surface area contributed by atoms with Crippen molar-refractivity contribution in [1.82, 2.24) is 19.6 Å². The summed E-state index contributed by atoms with van der Waals surface area (Å²) in [5.74, 6) is -10.7. The lowest BCUT2D eigenvalue weighted by Gasteiger charge is -2.08. The predicted molar refractivity (Wildman–Crippen MR) is 83.4 cm³/mol. The van der Waals surface area contributed by atoms with E-state index in [4.69, 9.17) is 0 Å². The van der Waals surface area contributed by atoms with Gasteiger partial charge >= 0.3 is 0 Å². The molecular weight excluding hydrogens is 373 g/mol. The summed E-state index contributed by atoms with van der Waals surface area (Å²) in [7, 11) is 0. The molecule has 0 spiro atoms. The van der Waals surface area contributed by atoms with E-state index in [0.29, 0.717) is 6.54 Å². The molecule has 1 aromatic carbocycles. The average Bonchev–Trinajstić information content (AvgIpc) is 3.31. The second kappa shape index (κ2) is 7.17. The zero-order valence-electron chi connectivity index (χ0n) is 13.8. The Morgan fingerprint density at radius 2 is 1.52 bits per heavy atom. The minimum Gasteiger partial charge on any atom is -0.304 e. The van der Waals surface area contributed by atoms with Crippen molar-refractivity contribution >= 4 is 11.7 Å². The molecule has 0 aliphatic heterocycles. The summed E-state index contributed by atoms with van der Waals surface area (Å²) < 4.78 is 69.5. The number of benzene rings is 1. The maximum atomic E-state index is 13.7. The highest BCUT2D eigenvalue weighted by molar-refractivity contribution is 6.02. The molecule has 0 fully saturated rings. The van der Waals surface area contributed by atoms with Gasteiger partial charge in [0.2, 0.25) is 5.82 Å². The third kappa shape index (κ3) is 3.52. The molecule has 3 aromatic rings. The van der Waals surface area contributed by atoms with E-state index in [1.165, 1.54) is 23.0 Å². The zero-order valence-corrected chi connectivity index (χ0v) is 13.8. The van der Waals surface area contributed by atoms with Crippen LogP contribution in [0.3, 0.4) is 0 Å². The standard InChI is InChI=1S/C16H12F5N5O/c1-2-25-5-3-9(23-25)16(27)22-10-4-6-26(24-10)7-8-11(17)13(19)15(21)14(20)12(8)18/h3-6H,2,7H2,1H3,(H,22,24,27). The van der Waals surface area contributed by atoms with Crippen LogP contribution in [0.25, 0.3) is 0 Å². The molecule has 11 heteroatoms. The fraction of sp³-hybridized carbons (Fsp3) is 0.188. The number of carbonyl (C=O) groups excluding carboxylic acids is 1. The number of halogens is 5. The van der Waals surface area contributed by atoms with Gasteiger partial charge in [-0.15, -0.1) is 0 Å². The number of rotatable bonds is 5. The van der Waals surface area contributed by atoms with Crippen LogP contribution in [0.2, 0.25) is 0 Å². The molecule has 2 heterocycles. The fourth-order valence-corrected chi connectivity index (χ4v) is 2.31. The number of aromatic nitrogens is 4. The number of hydrogen-bond acceptors (Lipinski definition) is 3. The Kier molecular flexibility index (Phi) is 4.93. The van der Waals surface area contributed by atoms with E-state index in [2.05, 4.69) is 15.5 Å². The van der Waals surface area contributed by atoms with Gasteiger partial charge in [-0.05, 0) is 13.0 Å². The van der Waals surface area contributed by atoms with Crippen LogP contribution in [0.4, 0.5) is 27.8 Å². The van der Waals surface area contributed by atoms with Gasteiger partial charge < -0.3 is 5.32 Å². The molecule has 0 aliphatic rings. The van der Waals surface area contributed by atoms with Crippen LogP contribution in [-0.4, -0.2) is 25.5 Å². The van der Waals surface area contributed by atoms with Crippen LogP contribution in [0.15, 0.2) is 24.5 Å². The minimum absolute atomic E-state index is 0.0231. The molecule has 0 atom stereocenters. The summed E-state index contributed by atoms with van der Waals surface area (Å²) in [4.78, 5) is 12.0. The maximum absolute atomic E-state index is 13.7. The van der Waals surface area contributed by atoms with Gasteiger partial charge in [0.25, 0.3) is 5.91 Å². The van der Waals surface area contributed by atoms with Crippen LogP contribution < -0.4 is 5.32 Å². The second-order valence-electron chi connectivity index (χ2n) is 5.46. The maximum Gasteiger partial charge on any atom is 0.277 e. The van der Waals surface area contributed by atoms with Crippen molar-refractivity contribution in [3.8, 4) is 0 Å². The van der Waals surface area contributed by atoms with E-state index < -0.39 is 47.1 Å². The fourth-order valence-electron chi connectivity index (χ4n) is 2.31. The highest BCUT2D eigenvalue weighted by Crippen LogP contribution is 2.23. The van der Waals surface area contributed by atoms with Crippen LogP contribution in [0.1, 0.15) is 23.0 Å². The predicted octanol–water partition coefficient (Wildman–Crippen LogP) is 3.10. The van der Waals surface area contributed by atoms with Crippen molar-refractivity contribution in [3.05, 3.63) is 64.9 Å². The topological polar surface area (TPSA) is 64.7 Å². The van der Waals surface area contributed by atoms with Gasteiger partial charge in [0.15, 0.2) is 34.8 Å². The molecule has 0 saturated heterocycles. The number of amides is 1. The third-order valence-corrected chi connectivity index (χ3v) is 3.70. The summed E-state index contributed by atoms with van der Waals surface area (Å²) in [6.07, 6.45) is 2.83. The molecule has 0 aliphatic carbocycles. The van der Waals surface area contributed by atoms with Crippen molar-refractivity contribution in [2.45, 2.75) is 20.0 Å². The third-order valence-electron chi connectivity index (χ3n) is 3.70. The van der Waals surface area contributed by atoms with E-state index in [1.54, 1.807) is 6.20 Å². The first-order valence-corrected chi connectivity index (χ1v) is 7.70. The summed E-state index contributed by atoms with van der Waals surface area (Å²) in [6, 6.07) is 2.80. The molecule has 0 radical (unpaired) electrons. The lowest BCUT2D eigenvalue weighted by Crippen LogP contribution is -2.15. The molecule has 1 amide bonds. The van der Waals surface area contributed by atoms with Gasteiger partial charge in [0.1, 0.15) is 0 Å². The Morgan fingerprint density at radius 3 is 2.11 bits per heavy atom. The lowest BCUT2D eigenvalue weighted by atomic mass is 10.1. The van der Waals surface area contributed by atoms with Gasteiger partial charge in [-0.2, -0.15) is 10.2 Å². The zero-order chi connectivity index (χ0) is 19.7. The van der Waals surface area contributed by atoms with Gasteiger partial charge in [-0.1, -0.05) is 0 Å². The van der Waals surface area contributed by atoms with Crippen molar-refractivity contribution in [1.29, 1.82) is 0 Å². The Labute approximate surface area is 149 Å². The Balaban J connectivity index is 1.78. The van der Waals surface area contributed by atoms with Gasteiger partial charge in [-0.25, -0.2) is 22.0 Å². The van der Waals surface area contributed by atoms with E-state index in [9.17, 15) is 26.7 Å². The first kappa shape index (κ1) is 18.5. The van der Waals surface area contributed by atoms with Gasteiger partial charge in [-0.3, -0.25) is 14.2 Å². The highest BCUT2D eigenvalue weighted by atomic mass is 19.2. The number of aryl methyl sites for hydroxylation is 1. The number of nitrogens with one attached hydrogen (secondary N) is 1. The smallest absolute Gasteiger partial charge is 0.277 e. The van der Waals surface area contributed by atoms with Crippen molar-refractivity contribution < 1.29 is 26.7 Å². The molecule has 0 bridgehead atoms. The number of anilines is 1. The molecule has 3 rings (SSSR count). The van der Waals surface area contributed by atoms with Crippen molar-refractivity contribution in [2.24, 2.45) is 0 Å². The van der Waals surface area contributed by atoms with Crippen LogP contribution in [0.5, 0.6) is 0 Å². The van der Waals surface area contributed by atoms with Gasteiger partial charge in [0.05, 0.1) is 12.1 Å². The summed E-state index contributed by atoms with van der Waals surface area (Å²) in [6.45, 7) is 1.70.